The van der Waals surface area contributed by atoms with Crippen molar-refractivity contribution in [1.29, 1.82) is 0 Å². The van der Waals surface area contributed by atoms with E-state index in [0.717, 1.165) is 30.5 Å². The van der Waals surface area contributed by atoms with Crippen LogP contribution in [-0.4, -0.2) is 67.7 Å². The molecule has 140 valence electrons. The zero-order valence-corrected chi connectivity index (χ0v) is 18.8. The monoisotopic (exact) mass is 348 g/mol. The van der Waals surface area contributed by atoms with Crippen LogP contribution in [0.4, 0.5) is 0 Å². The molecule has 0 N–H and O–H groups in total. The summed E-state index contributed by atoms with van der Waals surface area (Å²) in [6, 6.07) is 1.32. The van der Waals surface area contributed by atoms with Gasteiger partial charge in [-0.1, -0.05) is 39.7 Å². The van der Waals surface area contributed by atoms with Crippen LogP contribution in [0.15, 0.2) is 0 Å². The van der Waals surface area contributed by atoms with Crippen molar-refractivity contribution in [2.24, 2.45) is 0 Å². The quantitative estimate of drug-likeness (QED) is 0.259. The summed E-state index contributed by atoms with van der Waals surface area (Å²) in [4.78, 5) is 0. The lowest BCUT2D eigenvalue weighted by molar-refractivity contribution is -1.03. The fraction of sp³-hybridized carbons (Fsp3) is 1.00. The molecule has 0 aliphatic rings. The summed E-state index contributed by atoms with van der Waals surface area (Å²) >= 11 is 0. The van der Waals surface area contributed by atoms with Gasteiger partial charge in [0, 0.05) is 31.6 Å². The van der Waals surface area contributed by atoms with Crippen LogP contribution in [0.5, 0.6) is 0 Å². The molecule has 0 saturated carbocycles. The molecule has 0 bridgehead atoms. The maximum absolute atomic E-state index is 6.12. The standard InChI is InChI=1S/C18H42NO3Si/c1-7-10-13-19(14-11-8-2,15-12-16-23)18(21-5,22-6)17(9-3)20-4/h17H,7-16H2,1-6,23H3/q+1. The summed E-state index contributed by atoms with van der Waals surface area (Å²) in [6.45, 7) is 9.98. The Kier molecular flexibility index (Phi) is 12.5. The third-order valence-electron chi connectivity index (χ3n) is 5.13. The highest BCUT2D eigenvalue weighted by molar-refractivity contribution is 6.08. The molecule has 0 rings (SSSR count). The van der Waals surface area contributed by atoms with E-state index in [2.05, 4.69) is 20.8 Å². The van der Waals surface area contributed by atoms with Gasteiger partial charge in [0.1, 0.15) is 0 Å². The van der Waals surface area contributed by atoms with Crippen molar-refractivity contribution in [3.05, 3.63) is 0 Å². The third-order valence-corrected chi connectivity index (χ3v) is 5.83. The van der Waals surface area contributed by atoms with Gasteiger partial charge in [-0.3, -0.25) is 4.48 Å². The Morgan fingerprint density at radius 3 is 1.65 bits per heavy atom. The predicted molar refractivity (Wildman–Crippen MR) is 102 cm³/mol. The highest BCUT2D eigenvalue weighted by Crippen LogP contribution is 2.36. The molecule has 0 aliphatic carbocycles. The van der Waals surface area contributed by atoms with Crippen LogP contribution >= 0.6 is 0 Å². The Labute approximate surface area is 147 Å². The van der Waals surface area contributed by atoms with Crippen molar-refractivity contribution in [3.8, 4) is 0 Å². The first-order valence-electron chi connectivity index (χ1n) is 9.57. The number of hydrogen-bond donors (Lipinski definition) is 0. The average molecular weight is 349 g/mol. The first kappa shape index (κ1) is 23.1. The number of ether oxygens (including phenoxy) is 3. The molecule has 0 amide bonds. The van der Waals surface area contributed by atoms with Gasteiger partial charge in [0.05, 0.1) is 19.6 Å². The molecular weight excluding hydrogens is 306 g/mol. The van der Waals surface area contributed by atoms with Crippen LogP contribution in [-0.2, 0) is 14.2 Å². The summed E-state index contributed by atoms with van der Waals surface area (Å²) in [6.07, 6.45) is 6.85. The molecule has 0 fully saturated rings. The highest BCUT2D eigenvalue weighted by atomic mass is 28.1. The van der Waals surface area contributed by atoms with Gasteiger partial charge in [-0.2, -0.15) is 0 Å². The van der Waals surface area contributed by atoms with Gasteiger partial charge in [-0.05, 0) is 25.7 Å². The zero-order valence-electron chi connectivity index (χ0n) is 16.8. The van der Waals surface area contributed by atoms with E-state index in [4.69, 9.17) is 14.2 Å². The third kappa shape index (κ3) is 5.53. The molecule has 1 atom stereocenters. The smallest absolute Gasteiger partial charge is 0.346 e. The van der Waals surface area contributed by atoms with Crippen molar-refractivity contribution in [2.45, 2.75) is 77.4 Å². The number of unbranched alkanes of at least 4 members (excludes halogenated alkanes) is 2. The SMILES string of the molecule is CCCC[N+](CCCC)(CCC[SiH3])C(OC)(OC)C(CC)OC. The van der Waals surface area contributed by atoms with Crippen molar-refractivity contribution >= 4 is 10.2 Å². The van der Waals surface area contributed by atoms with Crippen molar-refractivity contribution in [1.82, 2.24) is 0 Å². The van der Waals surface area contributed by atoms with E-state index in [1.54, 1.807) is 21.3 Å². The second-order valence-corrected chi connectivity index (χ2v) is 7.55. The van der Waals surface area contributed by atoms with Gasteiger partial charge in [0.15, 0.2) is 6.10 Å². The summed E-state index contributed by atoms with van der Waals surface area (Å²) < 4.78 is 19.0. The van der Waals surface area contributed by atoms with Gasteiger partial charge in [-0.15, -0.1) is 0 Å². The molecule has 0 aromatic rings. The number of nitrogens with zero attached hydrogens (tertiary/aromatic N) is 1. The molecule has 0 saturated heterocycles. The Hall–Kier alpha value is 0.0569. The molecule has 0 heterocycles. The zero-order chi connectivity index (χ0) is 17.8. The normalized spacial score (nSPS) is 14.3. The van der Waals surface area contributed by atoms with Crippen molar-refractivity contribution in [3.63, 3.8) is 0 Å². The second-order valence-electron chi connectivity index (χ2n) is 6.55. The van der Waals surface area contributed by atoms with E-state index in [9.17, 15) is 0 Å². The number of rotatable bonds is 15. The fourth-order valence-corrected chi connectivity index (χ4v) is 4.11. The van der Waals surface area contributed by atoms with Crippen LogP contribution in [0.3, 0.4) is 0 Å². The first-order valence-corrected chi connectivity index (χ1v) is 11.0. The topological polar surface area (TPSA) is 27.7 Å². The molecule has 5 heteroatoms. The minimum atomic E-state index is -0.704. The highest BCUT2D eigenvalue weighted by Gasteiger charge is 2.57. The van der Waals surface area contributed by atoms with E-state index < -0.39 is 5.91 Å². The Bertz CT molecular complexity index is 260. The van der Waals surface area contributed by atoms with E-state index in [0.29, 0.717) is 0 Å². The van der Waals surface area contributed by atoms with Gasteiger partial charge in [0.2, 0.25) is 0 Å². The molecule has 0 aromatic heterocycles. The average Bonchev–Trinajstić information content (AvgIpc) is 2.59. The van der Waals surface area contributed by atoms with Crippen LogP contribution in [0.25, 0.3) is 0 Å². The molecule has 4 nitrogen and oxygen atoms in total. The van der Waals surface area contributed by atoms with Crippen LogP contribution < -0.4 is 0 Å². The molecule has 0 radical (unpaired) electrons. The lowest BCUT2D eigenvalue weighted by Gasteiger charge is -2.53. The molecule has 1 unspecified atom stereocenters. The largest absolute Gasteiger partial charge is 0.369 e. The lowest BCUT2D eigenvalue weighted by atomic mass is 10.0. The number of hydrogen-bond acceptors (Lipinski definition) is 3. The lowest BCUT2D eigenvalue weighted by Crippen LogP contribution is -2.72. The Morgan fingerprint density at radius 1 is 0.870 bits per heavy atom. The number of quaternary nitrogens is 1. The molecule has 0 aliphatic heterocycles. The van der Waals surface area contributed by atoms with E-state index in [1.807, 2.05) is 0 Å². The predicted octanol–water partition coefficient (Wildman–Crippen LogP) is 2.95. The van der Waals surface area contributed by atoms with Crippen molar-refractivity contribution in [2.75, 3.05) is 41.0 Å². The molecular formula is C18H42NO3Si+. The van der Waals surface area contributed by atoms with E-state index >= 15 is 0 Å². The maximum Gasteiger partial charge on any atom is 0.346 e. The second kappa shape index (κ2) is 12.4. The summed E-state index contributed by atoms with van der Waals surface area (Å²) in [5.74, 6) is -0.704. The van der Waals surface area contributed by atoms with Crippen LogP contribution in [0.1, 0.15) is 59.3 Å². The summed E-state index contributed by atoms with van der Waals surface area (Å²) in [5.41, 5.74) is 0. The Balaban J connectivity index is 5.90. The molecule has 0 spiro atoms. The minimum Gasteiger partial charge on any atom is -0.369 e. The van der Waals surface area contributed by atoms with E-state index in [1.165, 1.54) is 48.4 Å². The van der Waals surface area contributed by atoms with Crippen LogP contribution in [0, 0.1) is 0 Å². The summed E-state index contributed by atoms with van der Waals surface area (Å²) in [5, 5.41) is 0. The molecule has 0 aromatic carbocycles. The van der Waals surface area contributed by atoms with Crippen LogP contribution in [0.2, 0.25) is 6.04 Å². The van der Waals surface area contributed by atoms with Gasteiger partial charge < -0.3 is 14.2 Å². The van der Waals surface area contributed by atoms with Gasteiger partial charge >= 0.3 is 5.91 Å². The van der Waals surface area contributed by atoms with Crippen molar-refractivity contribution < 1.29 is 18.7 Å². The minimum absolute atomic E-state index is 0.0553. The van der Waals surface area contributed by atoms with Gasteiger partial charge in [-0.25, -0.2) is 0 Å². The van der Waals surface area contributed by atoms with E-state index in [-0.39, 0.29) is 6.10 Å². The first-order chi connectivity index (χ1) is 11.1. The molecule has 23 heavy (non-hydrogen) atoms. The Morgan fingerprint density at radius 2 is 1.35 bits per heavy atom. The number of methoxy groups -OCH3 is 3. The fourth-order valence-electron chi connectivity index (χ4n) is 3.80. The van der Waals surface area contributed by atoms with Gasteiger partial charge in [0.25, 0.3) is 0 Å². The summed E-state index contributed by atoms with van der Waals surface area (Å²) in [7, 11) is 6.61. The maximum atomic E-state index is 6.12.